The SMILES string of the molecule is CCCCCCCCC1CCc2c(CCn3cnc4ccccc4c3=O)c3ccccc3n2C1. The van der Waals surface area contributed by atoms with Crippen LogP contribution in [-0.2, 0) is 25.9 Å². The Balaban J connectivity index is 1.32. The van der Waals surface area contributed by atoms with Crippen LogP contribution in [0, 0.1) is 5.92 Å². The lowest BCUT2D eigenvalue weighted by Crippen LogP contribution is -2.23. The van der Waals surface area contributed by atoms with Gasteiger partial charge >= 0.3 is 0 Å². The molecule has 1 unspecified atom stereocenters. The Hall–Kier alpha value is -2.88. The van der Waals surface area contributed by atoms with Crippen LogP contribution in [0.15, 0.2) is 59.7 Å². The van der Waals surface area contributed by atoms with Gasteiger partial charge in [0, 0.05) is 29.7 Å². The molecule has 0 N–H and O–H groups in total. The molecule has 2 aromatic heterocycles. The van der Waals surface area contributed by atoms with Gasteiger partial charge in [-0.25, -0.2) is 4.98 Å². The maximum absolute atomic E-state index is 13.0. The third-order valence-corrected chi connectivity index (χ3v) is 7.72. The van der Waals surface area contributed by atoms with Crippen LogP contribution in [0.2, 0.25) is 0 Å². The van der Waals surface area contributed by atoms with E-state index >= 15 is 0 Å². The highest BCUT2D eigenvalue weighted by Crippen LogP contribution is 2.34. The zero-order valence-electron chi connectivity index (χ0n) is 20.5. The van der Waals surface area contributed by atoms with Gasteiger partial charge in [0.1, 0.15) is 0 Å². The number of para-hydroxylation sites is 2. The number of hydrogen-bond acceptors (Lipinski definition) is 2. The molecule has 4 heteroatoms. The molecule has 0 saturated heterocycles. The molecular formula is C30H37N3O. The molecular weight excluding hydrogens is 418 g/mol. The Morgan fingerprint density at radius 1 is 0.941 bits per heavy atom. The lowest BCUT2D eigenvalue weighted by Gasteiger charge is -2.26. The van der Waals surface area contributed by atoms with Gasteiger partial charge < -0.3 is 4.57 Å². The van der Waals surface area contributed by atoms with Gasteiger partial charge in [-0.15, -0.1) is 0 Å². The van der Waals surface area contributed by atoms with Crippen LogP contribution in [0.4, 0.5) is 0 Å². The average molecular weight is 456 g/mol. The van der Waals surface area contributed by atoms with Crippen molar-refractivity contribution >= 4 is 21.8 Å². The van der Waals surface area contributed by atoms with Crippen molar-refractivity contribution in [1.29, 1.82) is 0 Å². The van der Waals surface area contributed by atoms with Crippen LogP contribution in [0.5, 0.6) is 0 Å². The van der Waals surface area contributed by atoms with Gasteiger partial charge in [0.25, 0.3) is 5.56 Å². The number of rotatable bonds is 10. The minimum absolute atomic E-state index is 0.0574. The molecule has 0 radical (unpaired) electrons. The summed E-state index contributed by atoms with van der Waals surface area (Å²) in [4.78, 5) is 17.5. The Morgan fingerprint density at radius 3 is 2.59 bits per heavy atom. The summed E-state index contributed by atoms with van der Waals surface area (Å²) in [6.07, 6.45) is 14.6. The highest BCUT2D eigenvalue weighted by atomic mass is 16.1. The Bertz CT molecular complexity index is 1320. The van der Waals surface area contributed by atoms with E-state index < -0.39 is 0 Å². The monoisotopic (exact) mass is 455 g/mol. The molecule has 1 aliphatic heterocycles. The minimum atomic E-state index is 0.0574. The second-order valence-electron chi connectivity index (χ2n) is 10.0. The van der Waals surface area contributed by atoms with Crippen molar-refractivity contribution in [2.45, 2.75) is 84.2 Å². The van der Waals surface area contributed by atoms with Gasteiger partial charge in [-0.3, -0.25) is 9.36 Å². The van der Waals surface area contributed by atoms with Crippen molar-refractivity contribution in [2.75, 3.05) is 0 Å². The standard InChI is InChI=1S/C30H37N3O/c1-2-3-4-5-6-7-12-23-17-18-29-25(24-13-9-11-16-28(24)33(29)21-23)19-20-32-22-31-27-15-10-8-14-26(27)30(32)34/h8-11,13-16,22-23H,2-7,12,17-21H2,1H3. The number of aromatic nitrogens is 3. The molecule has 0 saturated carbocycles. The van der Waals surface area contributed by atoms with Crippen LogP contribution in [0.3, 0.4) is 0 Å². The quantitative estimate of drug-likeness (QED) is 0.244. The van der Waals surface area contributed by atoms with Crippen molar-refractivity contribution < 1.29 is 0 Å². The first kappa shape index (κ1) is 22.9. The van der Waals surface area contributed by atoms with E-state index in [-0.39, 0.29) is 5.56 Å². The number of aryl methyl sites for hydroxylation is 2. The van der Waals surface area contributed by atoms with Gasteiger partial charge in [0.2, 0.25) is 0 Å². The molecule has 178 valence electrons. The topological polar surface area (TPSA) is 39.8 Å². The van der Waals surface area contributed by atoms with Crippen LogP contribution in [0.1, 0.15) is 69.5 Å². The van der Waals surface area contributed by atoms with Crippen molar-refractivity contribution in [3.05, 3.63) is 76.5 Å². The van der Waals surface area contributed by atoms with Gasteiger partial charge in [0.15, 0.2) is 0 Å². The molecule has 0 amide bonds. The maximum atomic E-state index is 13.0. The van der Waals surface area contributed by atoms with Crippen LogP contribution in [0.25, 0.3) is 21.8 Å². The summed E-state index contributed by atoms with van der Waals surface area (Å²) in [6, 6.07) is 16.5. The highest BCUT2D eigenvalue weighted by Gasteiger charge is 2.24. The van der Waals surface area contributed by atoms with Gasteiger partial charge in [-0.2, -0.15) is 0 Å². The molecule has 2 aromatic carbocycles. The van der Waals surface area contributed by atoms with E-state index in [1.54, 1.807) is 10.9 Å². The predicted molar refractivity (Wildman–Crippen MR) is 141 cm³/mol. The molecule has 0 fully saturated rings. The zero-order chi connectivity index (χ0) is 23.3. The largest absolute Gasteiger partial charge is 0.344 e. The number of hydrogen-bond donors (Lipinski definition) is 0. The van der Waals surface area contributed by atoms with E-state index in [0.717, 1.165) is 30.8 Å². The molecule has 4 aromatic rings. The first-order valence-electron chi connectivity index (χ1n) is 13.3. The molecule has 1 aliphatic rings. The van der Waals surface area contributed by atoms with E-state index in [2.05, 4.69) is 40.7 Å². The Morgan fingerprint density at radius 2 is 1.71 bits per heavy atom. The normalized spacial score (nSPS) is 15.7. The van der Waals surface area contributed by atoms with Gasteiger partial charge in [-0.05, 0) is 55.4 Å². The van der Waals surface area contributed by atoms with Crippen molar-refractivity contribution in [3.63, 3.8) is 0 Å². The summed E-state index contributed by atoms with van der Waals surface area (Å²) in [7, 11) is 0. The van der Waals surface area contributed by atoms with E-state index in [1.807, 2.05) is 24.3 Å². The van der Waals surface area contributed by atoms with Gasteiger partial charge in [0.05, 0.1) is 17.2 Å². The first-order valence-corrected chi connectivity index (χ1v) is 13.3. The van der Waals surface area contributed by atoms with Crippen molar-refractivity contribution in [3.8, 4) is 0 Å². The lowest BCUT2D eigenvalue weighted by molar-refractivity contribution is 0.340. The number of fused-ring (bicyclic) bond motifs is 4. The highest BCUT2D eigenvalue weighted by molar-refractivity contribution is 5.85. The molecule has 34 heavy (non-hydrogen) atoms. The molecule has 0 spiro atoms. The molecule has 1 atom stereocenters. The van der Waals surface area contributed by atoms with Crippen LogP contribution >= 0.6 is 0 Å². The number of unbranched alkanes of at least 4 members (excludes halogenated alkanes) is 5. The fraction of sp³-hybridized carbons (Fsp3) is 0.467. The summed E-state index contributed by atoms with van der Waals surface area (Å²) < 4.78 is 4.38. The lowest BCUT2D eigenvalue weighted by atomic mass is 9.91. The second-order valence-corrected chi connectivity index (χ2v) is 10.0. The summed E-state index contributed by atoms with van der Waals surface area (Å²) in [5.41, 5.74) is 5.11. The Labute approximate surface area is 202 Å². The molecule has 0 bridgehead atoms. The number of benzene rings is 2. The molecule has 3 heterocycles. The smallest absolute Gasteiger partial charge is 0.261 e. The molecule has 5 rings (SSSR count). The average Bonchev–Trinajstić information content (AvgIpc) is 3.19. The zero-order valence-corrected chi connectivity index (χ0v) is 20.5. The third-order valence-electron chi connectivity index (χ3n) is 7.72. The number of nitrogens with zero attached hydrogens (tertiary/aromatic N) is 3. The molecule has 4 nitrogen and oxygen atoms in total. The summed E-state index contributed by atoms with van der Waals surface area (Å²) in [6.45, 7) is 4.09. The van der Waals surface area contributed by atoms with E-state index in [9.17, 15) is 4.79 Å². The summed E-state index contributed by atoms with van der Waals surface area (Å²) >= 11 is 0. The van der Waals surface area contributed by atoms with Crippen LogP contribution in [-0.4, -0.2) is 14.1 Å². The van der Waals surface area contributed by atoms with E-state index in [1.165, 1.54) is 73.5 Å². The fourth-order valence-electron chi connectivity index (χ4n) is 5.84. The summed E-state index contributed by atoms with van der Waals surface area (Å²) in [5, 5.41) is 2.06. The van der Waals surface area contributed by atoms with Gasteiger partial charge in [-0.1, -0.05) is 75.8 Å². The van der Waals surface area contributed by atoms with E-state index in [0.29, 0.717) is 11.9 Å². The fourth-order valence-corrected chi connectivity index (χ4v) is 5.84. The maximum Gasteiger partial charge on any atom is 0.261 e. The predicted octanol–water partition coefficient (Wildman–Crippen LogP) is 6.91. The minimum Gasteiger partial charge on any atom is -0.344 e. The summed E-state index contributed by atoms with van der Waals surface area (Å²) in [5.74, 6) is 0.787. The second kappa shape index (κ2) is 10.6. The van der Waals surface area contributed by atoms with Crippen LogP contribution < -0.4 is 5.56 Å². The first-order chi connectivity index (χ1) is 16.8. The van der Waals surface area contributed by atoms with Crippen molar-refractivity contribution in [2.24, 2.45) is 5.92 Å². The Kier molecular flexibility index (Phi) is 7.13. The molecule has 0 aliphatic carbocycles. The van der Waals surface area contributed by atoms with E-state index in [4.69, 9.17) is 0 Å². The van der Waals surface area contributed by atoms with Crippen molar-refractivity contribution in [1.82, 2.24) is 14.1 Å². The third kappa shape index (κ3) is 4.68.